The first kappa shape index (κ1) is 22.1. The van der Waals surface area contributed by atoms with Crippen LogP contribution in [0.4, 0.5) is 0 Å². The maximum absolute atomic E-state index is 12.5. The molecule has 2 saturated heterocycles. The summed E-state index contributed by atoms with van der Waals surface area (Å²) in [5, 5.41) is 0. The van der Waals surface area contributed by atoms with E-state index >= 15 is 0 Å². The predicted molar refractivity (Wildman–Crippen MR) is 108 cm³/mol. The van der Waals surface area contributed by atoms with Crippen molar-refractivity contribution in [2.75, 3.05) is 26.3 Å². The first-order chi connectivity index (χ1) is 14.6. The largest absolute Gasteiger partial charge is 0.460 e. The lowest BCUT2D eigenvalue weighted by Crippen LogP contribution is -2.41. The van der Waals surface area contributed by atoms with Gasteiger partial charge in [0.25, 0.3) is 0 Å². The maximum Gasteiger partial charge on any atom is 0.329 e. The van der Waals surface area contributed by atoms with Crippen LogP contribution in [0.25, 0.3) is 0 Å². The lowest BCUT2D eigenvalue weighted by molar-refractivity contribution is -0.152. The molecule has 3 rings (SSSR count). The Morgan fingerprint density at radius 2 is 1.10 bits per heavy atom. The zero-order valence-electron chi connectivity index (χ0n) is 17.3. The Balaban J connectivity index is 1.63. The minimum Gasteiger partial charge on any atom is -0.460 e. The molecule has 2 unspecified atom stereocenters. The monoisotopic (exact) mass is 418 g/mol. The van der Waals surface area contributed by atoms with Crippen LogP contribution in [-0.2, 0) is 28.7 Å². The Bertz CT molecular complexity index is 600. The Kier molecular flexibility index (Phi) is 8.04. The molecule has 3 aliphatic rings. The fourth-order valence-corrected chi connectivity index (χ4v) is 4.15. The molecule has 8 nitrogen and oxygen atoms in total. The van der Waals surface area contributed by atoms with Crippen LogP contribution in [-0.4, -0.2) is 71.9 Å². The number of ether oxygens (including phenoxy) is 2. The molecule has 0 saturated carbocycles. The van der Waals surface area contributed by atoms with Crippen molar-refractivity contribution in [3.8, 4) is 0 Å². The standard InChI is InChI=1S/C22H30N2O6/c25-19-11-3-1-5-15-29-21(27)17-9-8-14-24(17)20(26)12-4-2-6-16-30-22(28)18-10-7-13-23(18)19/h1-2,5-6,17-18H,3-4,7-16H2. The Morgan fingerprint density at radius 3 is 1.53 bits per heavy atom. The quantitative estimate of drug-likeness (QED) is 0.439. The van der Waals surface area contributed by atoms with Gasteiger partial charge in [-0.15, -0.1) is 0 Å². The van der Waals surface area contributed by atoms with Crippen molar-refractivity contribution in [3.63, 3.8) is 0 Å². The van der Waals surface area contributed by atoms with Crippen molar-refractivity contribution >= 4 is 23.8 Å². The van der Waals surface area contributed by atoms with Crippen LogP contribution in [0.15, 0.2) is 24.3 Å². The Hall–Kier alpha value is -2.64. The molecule has 164 valence electrons. The number of amides is 2. The van der Waals surface area contributed by atoms with Crippen molar-refractivity contribution in [2.24, 2.45) is 0 Å². The van der Waals surface area contributed by atoms with E-state index in [4.69, 9.17) is 9.47 Å². The van der Waals surface area contributed by atoms with Crippen LogP contribution < -0.4 is 0 Å². The number of allylic oxidation sites excluding steroid dienone is 2. The second kappa shape index (κ2) is 10.9. The number of carbonyl (C=O) groups excluding carboxylic acids is 4. The van der Waals surface area contributed by atoms with Gasteiger partial charge in [-0.3, -0.25) is 9.59 Å². The molecule has 0 spiro atoms. The van der Waals surface area contributed by atoms with Crippen molar-refractivity contribution < 1.29 is 28.7 Å². The van der Waals surface area contributed by atoms with Gasteiger partial charge in [0.05, 0.1) is 0 Å². The molecule has 0 aliphatic carbocycles. The average Bonchev–Trinajstić information content (AvgIpc) is 3.41. The summed E-state index contributed by atoms with van der Waals surface area (Å²) in [6.45, 7) is 1.37. The fourth-order valence-electron chi connectivity index (χ4n) is 4.15. The number of fused-ring (bicyclic) bond motifs is 2. The molecule has 2 atom stereocenters. The molecule has 3 aliphatic heterocycles. The third-order valence-electron chi connectivity index (χ3n) is 5.72. The number of hydrogen-bond donors (Lipinski definition) is 0. The molecule has 30 heavy (non-hydrogen) atoms. The predicted octanol–water partition coefficient (Wildman–Crippen LogP) is 1.74. The summed E-state index contributed by atoms with van der Waals surface area (Å²) < 4.78 is 10.6. The summed E-state index contributed by atoms with van der Waals surface area (Å²) in [5.41, 5.74) is 0. The SMILES string of the molecule is O=C1OCC=CCCC(=O)N2CCCC2C(=O)OCC=CCCC(=O)N2CCCC12. The first-order valence-corrected chi connectivity index (χ1v) is 10.8. The van der Waals surface area contributed by atoms with E-state index in [-0.39, 0.29) is 37.0 Å². The average molecular weight is 418 g/mol. The molecule has 2 fully saturated rings. The van der Waals surface area contributed by atoms with Crippen molar-refractivity contribution in [1.82, 2.24) is 9.80 Å². The topological polar surface area (TPSA) is 93.2 Å². The summed E-state index contributed by atoms with van der Waals surface area (Å²) in [7, 11) is 0. The molecular formula is C22H30N2O6. The molecule has 0 N–H and O–H groups in total. The molecule has 0 radical (unpaired) electrons. The molecule has 0 bridgehead atoms. The summed E-state index contributed by atoms with van der Waals surface area (Å²) in [6, 6.07) is -1.04. The second-order valence-electron chi connectivity index (χ2n) is 7.77. The molecular weight excluding hydrogens is 388 g/mol. The molecule has 8 heteroatoms. The smallest absolute Gasteiger partial charge is 0.329 e. The summed E-state index contributed by atoms with van der Waals surface area (Å²) in [5.74, 6) is -0.890. The van der Waals surface area contributed by atoms with E-state index in [2.05, 4.69) is 0 Å². The van der Waals surface area contributed by atoms with E-state index in [1.165, 1.54) is 0 Å². The Labute approximate surface area is 176 Å². The number of hydrogen-bond acceptors (Lipinski definition) is 6. The van der Waals surface area contributed by atoms with Crippen molar-refractivity contribution in [2.45, 2.75) is 63.5 Å². The summed E-state index contributed by atoms with van der Waals surface area (Å²) in [4.78, 5) is 52.9. The van der Waals surface area contributed by atoms with Crippen LogP contribution in [0.5, 0.6) is 0 Å². The normalized spacial score (nSPS) is 27.5. The van der Waals surface area contributed by atoms with E-state index in [0.717, 1.165) is 12.8 Å². The number of nitrogens with zero attached hydrogens (tertiary/aromatic N) is 2. The molecule has 2 amide bonds. The van der Waals surface area contributed by atoms with E-state index in [9.17, 15) is 19.2 Å². The van der Waals surface area contributed by atoms with Crippen LogP contribution >= 0.6 is 0 Å². The third kappa shape index (κ3) is 5.70. The van der Waals surface area contributed by atoms with Crippen LogP contribution in [0.1, 0.15) is 51.4 Å². The van der Waals surface area contributed by atoms with Crippen LogP contribution in [0, 0.1) is 0 Å². The van der Waals surface area contributed by atoms with Gasteiger partial charge in [0.15, 0.2) is 0 Å². The van der Waals surface area contributed by atoms with Gasteiger partial charge in [0, 0.05) is 25.9 Å². The number of cyclic esters (lactones) is 2. The maximum atomic E-state index is 12.5. The highest BCUT2D eigenvalue weighted by Crippen LogP contribution is 2.21. The minimum atomic E-state index is -0.518. The zero-order valence-corrected chi connectivity index (χ0v) is 17.3. The first-order valence-electron chi connectivity index (χ1n) is 10.8. The number of carbonyl (C=O) groups is 4. The Morgan fingerprint density at radius 1 is 0.667 bits per heavy atom. The highest BCUT2D eigenvalue weighted by atomic mass is 16.5. The van der Waals surface area contributed by atoms with Gasteiger partial charge in [-0.05, 0) is 38.5 Å². The highest BCUT2D eigenvalue weighted by molar-refractivity contribution is 5.86. The highest BCUT2D eigenvalue weighted by Gasteiger charge is 2.35. The minimum absolute atomic E-state index is 0.0684. The van der Waals surface area contributed by atoms with Gasteiger partial charge in [-0.1, -0.05) is 24.3 Å². The van der Waals surface area contributed by atoms with Gasteiger partial charge in [0.2, 0.25) is 11.8 Å². The summed E-state index contributed by atoms with van der Waals surface area (Å²) in [6.07, 6.45) is 11.4. The van der Waals surface area contributed by atoms with Gasteiger partial charge in [-0.2, -0.15) is 0 Å². The van der Waals surface area contributed by atoms with Gasteiger partial charge in [-0.25, -0.2) is 9.59 Å². The van der Waals surface area contributed by atoms with Gasteiger partial charge < -0.3 is 19.3 Å². The van der Waals surface area contributed by atoms with Crippen molar-refractivity contribution in [3.05, 3.63) is 24.3 Å². The molecule has 0 aromatic carbocycles. The lowest BCUT2D eigenvalue weighted by atomic mass is 10.2. The molecule has 0 aromatic heterocycles. The van der Waals surface area contributed by atoms with E-state index in [0.29, 0.717) is 51.6 Å². The van der Waals surface area contributed by atoms with E-state index in [1.54, 1.807) is 34.1 Å². The van der Waals surface area contributed by atoms with Crippen LogP contribution in [0.2, 0.25) is 0 Å². The summed E-state index contributed by atoms with van der Waals surface area (Å²) >= 11 is 0. The molecule has 3 heterocycles. The number of rotatable bonds is 0. The van der Waals surface area contributed by atoms with E-state index < -0.39 is 12.1 Å². The fraction of sp³-hybridized carbons (Fsp3) is 0.636. The van der Waals surface area contributed by atoms with E-state index in [1.807, 2.05) is 0 Å². The number of esters is 2. The van der Waals surface area contributed by atoms with Gasteiger partial charge >= 0.3 is 11.9 Å². The second-order valence-corrected chi connectivity index (χ2v) is 7.77. The zero-order chi connectivity index (χ0) is 21.3. The van der Waals surface area contributed by atoms with Crippen LogP contribution in [0.3, 0.4) is 0 Å². The van der Waals surface area contributed by atoms with Crippen molar-refractivity contribution in [1.29, 1.82) is 0 Å². The van der Waals surface area contributed by atoms with Gasteiger partial charge in [0.1, 0.15) is 25.3 Å². The lowest BCUT2D eigenvalue weighted by Gasteiger charge is -2.23. The third-order valence-corrected chi connectivity index (χ3v) is 5.72. The molecule has 0 aromatic rings.